The van der Waals surface area contributed by atoms with Crippen LogP contribution in [0.15, 0.2) is 47.4 Å². The number of benzene rings is 2. The Bertz CT molecular complexity index is 1040. The van der Waals surface area contributed by atoms with Crippen molar-refractivity contribution in [3.8, 4) is 0 Å². The molecule has 0 saturated carbocycles. The second kappa shape index (κ2) is 8.91. The molecule has 1 heterocycles. The largest absolute Gasteiger partial charge is 0.377 e. The first-order valence-electron chi connectivity index (χ1n) is 8.89. The monoisotopic (exact) mass is 437 g/mol. The van der Waals surface area contributed by atoms with E-state index in [0.29, 0.717) is 6.61 Å². The van der Waals surface area contributed by atoms with Crippen LogP contribution in [0.5, 0.6) is 0 Å². The van der Waals surface area contributed by atoms with Gasteiger partial charge in [0.05, 0.1) is 22.4 Å². The topological polar surface area (TPSA) is 128 Å². The Morgan fingerprint density at radius 2 is 1.97 bits per heavy atom. The predicted molar refractivity (Wildman–Crippen MR) is 109 cm³/mol. The average Bonchev–Trinajstić information content (AvgIpc) is 3.20. The van der Waals surface area contributed by atoms with E-state index in [4.69, 9.17) is 22.1 Å². The molecule has 0 aromatic heterocycles. The van der Waals surface area contributed by atoms with Gasteiger partial charge in [-0.15, -0.1) is 0 Å². The number of sulfonamides is 1. The number of amides is 2. The number of primary amides is 1. The zero-order chi connectivity index (χ0) is 21.0. The second-order valence-corrected chi connectivity index (χ2v) is 8.64. The van der Waals surface area contributed by atoms with Gasteiger partial charge in [-0.05, 0) is 43.2 Å². The Labute approximate surface area is 173 Å². The third-order valence-electron chi connectivity index (χ3n) is 4.45. The van der Waals surface area contributed by atoms with E-state index in [1.807, 2.05) is 0 Å². The van der Waals surface area contributed by atoms with E-state index < -0.39 is 21.8 Å². The summed E-state index contributed by atoms with van der Waals surface area (Å²) in [7, 11) is -3.94. The van der Waals surface area contributed by atoms with Gasteiger partial charge in [0.2, 0.25) is 10.0 Å². The quantitative estimate of drug-likeness (QED) is 0.611. The zero-order valence-electron chi connectivity index (χ0n) is 15.4. The van der Waals surface area contributed by atoms with Crippen LogP contribution in [-0.4, -0.2) is 39.5 Å². The van der Waals surface area contributed by atoms with Crippen molar-refractivity contribution < 1.29 is 22.7 Å². The summed E-state index contributed by atoms with van der Waals surface area (Å²) in [5, 5.41) is 2.55. The Morgan fingerprint density at radius 1 is 1.21 bits per heavy atom. The van der Waals surface area contributed by atoms with Crippen LogP contribution < -0.4 is 15.8 Å². The Hall–Kier alpha value is -2.46. The van der Waals surface area contributed by atoms with Gasteiger partial charge in [-0.25, -0.2) is 13.1 Å². The van der Waals surface area contributed by atoms with Gasteiger partial charge in [0.15, 0.2) is 0 Å². The lowest BCUT2D eigenvalue weighted by Crippen LogP contribution is -2.32. The molecule has 0 bridgehead atoms. The molecule has 10 heteroatoms. The van der Waals surface area contributed by atoms with E-state index >= 15 is 0 Å². The standard InChI is InChI=1S/C19H20ClN3O5S/c20-15-8-7-12(19(25)23-16-6-2-1-5-14(16)18(21)24)10-17(15)29(26,27)22-11-13-4-3-9-28-13/h1-2,5-8,10,13,22H,3-4,9,11H2,(H2,21,24)(H,23,25). The summed E-state index contributed by atoms with van der Waals surface area (Å²) in [6.45, 7) is 0.733. The molecule has 3 rings (SSSR count). The van der Waals surface area contributed by atoms with Crippen molar-refractivity contribution in [1.29, 1.82) is 0 Å². The van der Waals surface area contributed by atoms with Gasteiger partial charge in [0.1, 0.15) is 4.90 Å². The number of anilines is 1. The highest BCUT2D eigenvalue weighted by Gasteiger charge is 2.23. The van der Waals surface area contributed by atoms with Crippen LogP contribution in [0.2, 0.25) is 5.02 Å². The minimum absolute atomic E-state index is 0.0149. The predicted octanol–water partition coefficient (Wildman–Crippen LogP) is 2.15. The first-order valence-corrected chi connectivity index (χ1v) is 10.7. The van der Waals surface area contributed by atoms with E-state index in [1.165, 1.54) is 30.3 Å². The number of hydrogen-bond donors (Lipinski definition) is 3. The van der Waals surface area contributed by atoms with Crippen molar-refractivity contribution in [2.45, 2.75) is 23.8 Å². The normalized spacial score (nSPS) is 16.5. The number of para-hydroxylation sites is 1. The number of carbonyl (C=O) groups is 2. The van der Waals surface area contributed by atoms with Gasteiger partial charge in [-0.1, -0.05) is 23.7 Å². The minimum Gasteiger partial charge on any atom is -0.377 e. The highest BCUT2D eigenvalue weighted by Crippen LogP contribution is 2.24. The third-order valence-corrected chi connectivity index (χ3v) is 6.35. The number of rotatable bonds is 7. The van der Waals surface area contributed by atoms with Crippen molar-refractivity contribution in [1.82, 2.24) is 4.72 Å². The molecule has 0 spiro atoms. The summed E-state index contributed by atoms with van der Waals surface area (Å²) in [4.78, 5) is 23.9. The van der Waals surface area contributed by atoms with Crippen LogP contribution in [0.4, 0.5) is 5.69 Å². The lowest BCUT2D eigenvalue weighted by atomic mass is 10.1. The van der Waals surface area contributed by atoms with Crippen LogP contribution in [0.1, 0.15) is 33.6 Å². The molecule has 154 valence electrons. The van der Waals surface area contributed by atoms with Gasteiger partial charge >= 0.3 is 0 Å². The zero-order valence-corrected chi connectivity index (χ0v) is 16.9. The second-order valence-electron chi connectivity index (χ2n) is 6.50. The van der Waals surface area contributed by atoms with Crippen LogP contribution in [-0.2, 0) is 14.8 Å². The van der Waals surface area contributed by atoms with Crippen molar-refractivity contribution >= 4 is 39.1 Å². The number of nitrogens with one attached hydrogen (secondary N) is 2. The number of carbonyl (C=O) groups excluding carboxylic acids is 2. The fraction of sp³-hybridized carbons (Fsp3) is 0.263. The van der Waals surface area contributed by atoms with E-state index in [9.17, 15) is 18.0 Å². The Balaban J connectivity index is 1.81. The lowest BCUT2D eigenvalue weighted by molar-refractivity contribution is 0.100. The number of nitrogens with two attached hydrogens (primary N) is 1. The van der Waals surface area contributed by atoms with Crippen LogP contribution in [0, 0.1) is 0 Å². The number of ether oxygens (including phenoxy) is 1. The molecule has 1 saturated heterocycles. The summed E-state index contributed by atoms with van der Waals surface area (Å²) < 4.78 is 33.2. The van der Waals surface area contributed by atoms with Crippen LogP contribution in [0.25, 0.3) is 0 Å². The van der Waals surface area contributed by atoms with Gasteiger partial charge in [-0.3, -0.25) is 9.59 Å². The van der Waals surface area contributed by atoms with E-state index in [-0.39, 0.29) is 39.4 Å². The average molecular weight is 438 g/mol. The molecule has 1 aliphatic heterocycles. The maximum Gasteiger partial charge on any atom is 0.255 e. The van der Waals surface area contributed by atoms with Gasteiger partial charge in [-0.2, -0.15) is 0 Å². The van der Waals surface area contributed by atoms with Crippen molar-refractivity contribution in [3.63, 3.8) is 0 Å². The van der Waals surface area contributed by atoms with Gasteiger partial charge < -0.3 is 15.8 Å². The molecule has 4 N–H and O–H groups in total. The molecule has 29 heavy (non-hydrogen) atoms. The summed E-state index contributed by atoms with van der Waals surface area (Å²) in [6, 6.07) is 10.2. The third kappa shape index (κ3) is 5.13. The molecule has 1 fully saturated rings. The molecule has 0 radical (unpaired) electrons. The maximum atomic E-state index is 12.6. The van der Waals surface area contributed by atoms with Crippen molar-refractivity contribution in [3.05, 3.63) is 58.6 Å². The van der Waals surface area contributed by atoms with Crippen LogP contribution in [0.3, 0.4) is 0 Å². The SMILES string of the molecule is NC(=O)c1ccccc1NC(=O)c1ccc(Cl)c(S(=O)(=O)NCC2CCCO2)c1. The number of halogens is 1. The minimum atomic E-state index is -3.94. The summed E-state index contributed by atoms with van der Waals surface area (Å²) in [6.07, 6.45) is 1.48. The summed E-state index contributed by atoms with van der Waals surface area (Å²) in [5.74, 6) is -1.30. The smallest absolute Gasteiger partial charge is 0.255 e. The molecule has 0 aliphatic carbocycles. The van der Waals surface area contributed by atoms with E-state index in [0.717, 1.165) is 12.8 Å². The van der Waals surface area contributed by atoms with E-state index in [1.54, 1.807) is 12.1 Å². The maximum absolute atomic E-state index is 12.6. The fourth-order valence-corrected chi connectivity index (χ4v) is 4.53. The summed E-state index contributed by atoms with van der Waals surface area (Å²) in [5.41, 5.74) is 5.73. The molecular formula is C19H20ClN3O5S. The molecule has 2 amide bonds. The molecule has 2 aromatic rings. The van der Waals surface area contributed by atoms with Gasteiger partial charge in [0.25, 0.3) is 11.8 Å². The van der Waals surface area contributed by atoms with Gasteiger partial charge in [0, 0.05) is 18.7 Å². The van der Waals surface area contributed by atoms with E-state index in [2.05, 4.69) is 10.0 Å². The van der Waals surface area contributed by atoms with Crippen LogP contribution >= 0.6 is 11.6 Å². The molecule has 1 unspecified atom stereocenters. The molecular weight excluding hydrogens is 418 g/mol. The highest BCUT2D eigenvalue weighted by atomic mass is 35.5. The molecule has 1 aliphatic rings. The highest BCUT2D eigenvalue weighted by molar-refractivity contribution is 7.89. The fourth-order valence-electron chi connectivity index (χ4n) is 2.94. The Morgan fingerprint density at radius 3 is 2.66 bits per heavy atom. The first kappa shape index (κ1) is 21.3. The summed E-state index contributed by atoms with van der Waals surface area (Å²) >= 11 is 6.06. The molecule has 2 aromatic carbocycles. The van der Waals surface area contributed by atoms with Crippen molar-refractivity contribution in [2.75, 3.05) is 18.5 Å². The first-order chi connectivity index (χ1) is 13.8. The Kier molecular flexibility index (Phi) is 6.53. The lowest BCUT2D eigenvalue weighted by Gasteiger charge is -2.13. The molecule has 1 atom stereocenters. The number of hydrogen-bond acceptors (Lipinski definition) is 5. The molecule has 8 nitrogen and oxygen atoms in total. The van der Waals surface area contributed by atoms with Crippen molar-refractivity contribution in [2.24, 2.45) is 5.73 Å².